The Kier molecular flexibility index (Phi) is 4.02. The minimum absolute atomic E-state index is 0.0391. The van der Waals surface area contributed by atoms with Crippen LogP contribution in [0.3, 0.4) is 0 Å². The summed E-state index contributed by atoms with van der Waals surface area (Å²) in [6, 6.07) is 1.68. The maximum atomic E-state index is 12.2. The van der Waals surface area contributed by atoms with Gasteiger partial charge in [0.1, 0.15) is 6.26 Å². The van der Waals surface area contributed by atoms with Gasteiger partial charge in [-0.15, -0.1) is 0 Å². The van der Waals surface area contributed by atoms with Gasteiger partial charge in [-0.3, -0.25) is 9.59 Å². The van der Waals surface area contributed by atoms with E-state index in [1.165, 1.54) is 12.5 Å². The minimum Gasteiger partial charge on any atom is -0.481 e. The molecule has 98 valence electrons. The molecule has 1 aromatic heterocycles. The summed E-state index contributed by atoms with van der Waals surface area (Å²) >= 11 is 0. The zero-order valence-corrected chi connectivity index (χ0v) is 10.2. The summed E-state index contributed by atoms with van der Waals surface area (Å²) in [4.78, 5) is 24.7. The highest BCUT2D eigenvalue weighted by Crippen LogP contribution is 2.23. The average Bonchev–Trinajstić information content (AvgIpc) is 2.89. The smallest absolute Gasteiger partial charge is 0.303 e. The van der Waals surface area contributed by atoms with Gasteiger partial charge in [-0.2, -0.15) is 0 Å². The second-order valence-electron chi connectivity index (χ2n) is 4.59. The summed E-state index contributed by atoms with van der Waals surface area (Å²) in [5.41, 5.74) is 0.539. The molecule has 1 N–H and O–H groups in total. The van der Waals surface area contributed by atoms with Crippen LogP contribution >= 0.6 is 0 Å². The van der Waals surface area contributed by atoms with Gasteiger partial charge >= 0.3 is 5.97 Å². The number of carboxylic acids is 1. The first kappa shape index (κ1) is 12.7. The van der Waals surface area contributed by atoms with E-state index < -0.39 is 5.97 Å². The van der Waals surface area contributed by atoms with Crippen LogP contribution in [0.4, 0.5) is 0 Å². The van der Waals surface area contributed by atoms with Crippen molar-refractivity contribution in [3.05, 3.63) is 24.2 Å². The molecule has 1 saturated heterocycles. The van der Waals surface area contributed by atoms with Crippen molar-refractivity contribution < 1.29 is 19.1 Å². The van der Waals surface area contributed by atoms with E-state index in [-0.39, 0.29) is 18.4 Å². The first-order valence-electron chi connectivity index (χ1n) is 6.23. The van der Waals surface area contributed by atoms with Crippen molar-refractivity contribution in [1.82, 2.24) is 4.90 Å². The van der Waals surface area contributed by atoms with Crippen molar-refractivity contribution in [2.75, 3.05) is 6.54 Å². The molecule has 1 amide bonds. The molecule has 5 nitrogen and oxygen atoms in total. The first-order valence-corrected chi connectivity index (χ1v) is 6.23. The number of furan rings is 1. The lowest BCUT2D eigenvalue weighted by atomic mass is 9.97. The van der Waals surface area contributed by atoms with Crippen LogP contribution in [0.5, 0.6) is 0 Å². The third kappa shape index (κ3) is 2.91. The Bertz CT molecular complexity index is 413. The maximum Gasteiger partial charge on any atom is 0.303 e. The Balaban J connectivity index is 2.03. The van der Waals surface area contributed by atoms with Crippen molar-refractivity contribution in [3.63, 3.8) is 0 Å². The number of likely N-dealkylation sites (tertiary alicyclic amines) is 1. The summed E-state index contributed by atoms with van der Waals surface area (Å²) in [5.74, 6) is -0.866. The molecular weight excluding hydrogens is 234 g/mol. The zero-order valence-electron chi connectivity index (χ0n) is 10.2. The molecule has 1 aliphatic rings. The third-order valence-electron chi connectivity index (χ3n) is 3.35. The van der Waals surface area contributed by atoms with E-state index in [0.717, 1.165) is 19.3 Å². The van der Waals surface area contributed by atoms with Gasteiger partial charge in [0.25, 0.3) is 5.91 Å². The second kappa shape index (κ2) is 5.71. The zero-order chi connectivity index (χ0) is 13.0. The fourth-order valence-electron chi connectivity index (χ4n) is 2.41. The Hall–Kier alpha value is -1.78. The third-order valence-corrected chi connectivity index (χ3v) is 3.35. The largest absolute Gasteiger partial charge is 0.481 e. The van der Waals surface area contributed by atoms with E-state index in [0.29, 0.717) is 18.5 Å². The normalized spacial score (nSPS) is 19.8. The average molecular weight is 251 g/mol. The summed E-state index contributed by atoms with van der Waals surface area (Å²) in [7, 11) is 0. The summed E-state index contributed by atoms with van der Waals surface area (Å²) < 4.78 is 4.92. The Morgan fingerprint density at radius 1 is 1.44 bits per heavy atom. The van der Waals surface area contributed by atoms with Crippen molar-refractivity contribution in [1.29, 1.82) is 0 Å². The molecule has 0 spiro atoms. The quantitative estimate of drug-likeness (QED) is 0.890. The lowest BCUT2D eigenvalue weighted by molar-refractivity contribution is -0.137. The Labute approximate surface area is 105 Å². The Morgan fingerprint density at radius 2 is 2.28 bits per heavy atom. The highest BCUT2D eigenvalue weighted by Gasteiger charge is 2.28. The molecule has 5 heteroatoms. The molecule has 0 saturated carbocycles. The van der Waals surface area contributed by atoms with E-state index in [1.807, 2.05) is 0 Å². The topological polar surface area (TPSA) is 70.8 Å². The van der Waals surface area contributed by atoms with Crippen molar-refractivity contribution in [3.8, 4) is 0 Å². The van der Waals surface area contributed by atoms with Crippen molar-refractivity contribution in [2.45, 2.75) is 38.1 Å². The highest BCUT2D eigenvalue weighted by atomic mass is 16.4. The van der Waals surface area contributed by atoms with Gasteiger partial charge in [0, 0.05) is 19.0 Å². The fraction of sp³-hybridized carbons (Fsp3) is 0.538. The molecular formula is C13H17NO4. The number of hydrogen-bond acceptors (Lipinski definition) is 3. The number of rotatable bonds is 4. The van der Waals surface area contributed by atoms with Crippen LogP contribution in [0.1, 0.15) is 42.5 Å². The lowest BCUT2D eigenvalue weighted by Gasteiger charge is -2.35. The van der Waals surface area contributed by atoms with Crippen LogP contribution in [0.25, 0.3) is 0 Å². The first-order chi connectivity index (χ1) is 8.68. The molecule has 1 fully saturated rings. The van der Waals surface area contributed by atoms with Crippen LogP contribution in [0.2, 0.25) is 0 Å². The number of hydrogen-bond donors (Lipinski definition) is 1. The van der Waals surface area contributed by atoms with Gasteiger partial charge in [0.15, 0.2) is 0 Å². The van der Waals surface area contributed by atoms with Gasteiger partial charge in [-0.05, 0) is 31.7 Å². The molecule has 2 rings (SSSR count). The van der Waals surface area contributed by atoms with E-state index >= 15 is 0 Å². The maximum absolute atomic E-state index is 12.2. The van der Waals surface area contributed by atoms with Crippen LogP contribution in [0.15, 0.2) is 23.0 Å². The molecule has 0 aliphatic carbocycles. The minimum atomic E-state index is -0.809. The predicted molar refractivity (Wildman–Crippen MR) is 64.3 cm³/mol. The molecule has 2 heterocycles. The van der Waals surface area contributed by atoms with Gasteiger partial charge in [-0.1, -0.05) is 0 Å². The molecule has 0 unspecified atom stereocenters. The number of carbonyl (C=O) groups is 2. The number of amides is 1. The van der Waals surface area contributed by atoms with Crippen LogP contribution in [-0.2, 0) is 4.79 Å². The van der Waals surface area contributed by atoms with E-state index in [9.17, 15) is 9.59 Å². The number of carboxylic acid groups (broad SMARTS) is 1. The van der Waals surface area contributed by atoms with E-state index in [4.69, 9.17) is 9.52 Å². The van der Waals surface area contributed by atoms with Crippen LogP contribution in [0, 0.1) is 0 Å². The second-order valence-corrected chi connectivity index (χ2v) is 4.59. The summed E-state index contributed by atoms with van der Waals surface area (Å²) in [5, 5.41) is 8.73. The standard InChI is InChI=1S/C13H17NO4/c15-12(16)5-4-11-3-1-2-7-14(11)13(17)10-6-8-18-9-10/h6,8-9,11H,1-5,7H2,(H,15,16)/t11-/m1/s1. The van der Waals surface area contributed by atoms with Crippen LogP contribution < -0.4 is 0 Å². The van der Waals surface area contributed by atoms with Gasteiger partial charge in [0.05, 0.1) is 11.8 Å². The summed E-state index contributed by atoms with van der Waals surface area (Å²) in [6.07, 6.45) is 6.47. The van der Waals surface area contributed by atoms with Crippen molar-refractivity contribution in [2.24, 2.45) is 0 Å². The number of piperidine rings is 1. The van der Waals surface area contributed by atoms with Gasteiger partial charge in [0.2, 0.25) is 0 Å². The van der Waals surface area contributed by atoms with E-state index in [1.54, 1.807) is 11.0 Å². The molecule has 1 atom stereocenters. The van der Waals surface area contributed by atoms with Crippen LogP contribution in [-0.4, -0.2) is 34.5 Å². The fourth-order valence-corrected chi connectivity index (χ4v) is 2.41. The Morgan fingerprint density at radius 3 is 2.94 bits per heavy atom. The van der Waals surface area contributed by atoms with E-state index in [2.05, 4.69) is 0 Å². The predicted octanol–water partition coefficient (Wildman–Crippen LogP) is 2.14. The lowest BCUT2D eigenvalue weighted by Crippen LogP contribution is -2.43. The molecule has 0 aromatic carbocycles. The molecule has 0 bridgehead atoms. The summed E-state index contributed by atoms with van der Waals surface area (Å²) in [6.45, 7) is 0.703. The molecule has 18 heavy (non-hydrogen) atoms. The van der Waals surface area contributed by atoms with Crippen molar-refractivity contribution >= 4 is 11.9 Å². The number of nitrogens with zero attached hydrogens (tertiary/aromatic N) is 1. The van der Waals surface area contributed by atoms with Gasteiger partial charge < -0.3 is 14.4 Å². The molecule has 1 aliphatic heterocycles. The molecule has 0 radical (unpaired) electrons. The molecule has 1 aromatic rings. The SMILES string of the molecule is O=C(O)CC[C@H]1CCCCN1C(=O)c1ccoc1. The monoisotopic (exact) mass is 251 g/mol. The number of aliphatic carboxylic acids is 1. The highest BCUT2D eigenvalue weighted by molar-refractivity contribution is 5.94. The number of carbonyl (C=O) groups excluding carboxylic acids is 1. The van der Waals surface area contributed by atoms with Gasteiger partial charge in [-0.25, -0.2) is 0 Å².